The van der Waals surface area contributed by atoms with Crippen LogP contribution in [0.2, 0.25) is 0 Å². The number of ether oxygens (including phenoxy) is 1. The predicted molar refractivity (Wildman–Crippen MR) is 120 cm³/mol. The molecule has 0 rings (SSSR count). The third-order valence-corrected chi connectivity index (χ3v) is 7.70. The van der Waals surface area contributed by atoms with E-state index in [-0.39, 0.29) is 11.3 Å². The molecule has 0 heterocycles. The Morgan fingerprint density at radius 1 is 0.778 bits per heavy atom. The minimum atomic E-state index is -6.91. The predicted octanol–water partition coefficient (Wildman–Crippen LogP) is 9.46. The first-order chi connectivity index (χ1) is 15.9. The quantitative estimate of drug-likeness (QED) is 0.152. The van der Waals surface area contributed by atoms with Gasteiger partial charge < -0.3 is 4.74 Å². The molecule has 0 bridgehead atoms. The second-order valence-corrected chi connectivity index (χ2v) is 11.4. The van der Waals surface area contributed by atoms with Gasteiger partial charge in [-0.2, -0.15) is 39.5 Å². The van der Waals surface area contributed by atoms with Crippen molar-refractivity contribution in [3.63, 3.8) is 0 Å². The van der Waals surface area contributed by atoms with Gasteiger partial charge in [0.15, 0.2) is 0 Å². The van der Waals surface area contributed by atoms with E-state index in [1.807, 2.05) is 34.6 Å². The Labute approximate surface area is 208 Å². The van der Waals surface area contributed by atoms with Crippen LogP contribution in [0.5, 0.6) is 0 Å². The van der Waals surface area contributed by atoms with E-state index in [0.717, 1.165) is 19.3 Å². The maximum atomic E-state index is 14.0. The fourth-order valence-electron chi connectivity index (χ4n) is 4.14. The van der Waals surface area contributed by atoms with Gasteiger partial charge in [0.05, 0.1) is 12.0 Å². The summed E-state index contributed by atoms with van der Waals surface area (Å²) in [6, 6.07) is 0. The molecule has 0 radical (unpaired) electrons. The summed E-state index contributed by atoms with van der Waals surface area (Å²) in [5.41, 5.74) is -2.50. The van der Waals surface area contributed by atoms with Gasteiger partial charge in [-0.3, -0.25) is 4.79 Å². The molecule has 0 saturated carbocycles. The highest BCUT2D eigenvalue weighted by molar-refractivity contribution is 5.77. The zero-order valence-corrected chi connectivity index (χ0v) is 22.5. The van der Waals surface area contributed by atoms with Crippen molar-refractivity contribution in [2.75, 3.05) is 6.61 Å². The summed E-state index contributed by atoms with van der Waals surface area (Å²) in [6.45, 7) is 13.7. The first-order valence-electron chi connectivity index (χ1n) is 12.3. The number of carbonyl (C=O) groups excluding carboxylic acids is 1. The van der Waals surface area contributed by atoms with E-state index < -0.39 is 60.2 Å². The zero-order valence-electron chi connectivity index (χ0n) is 22.5. The standard InChI is InChI=1S/C25H41F9O2/c1-9-12-17(4)21(8,15-20(7,10-2)11-3)18(35)36-16-19(5,6)13-14-22(26,27)23(28,29)24(30,31)25(32,33)34/h17H,9-16H2,1-8H3. The van der Waals surface area contributed by atoms with Crippen LogP contribution in [-0.2, 0) is 9.53 Å². The lowest BCUT2D eigenvalue weighted by Gasteiger charge is -2.41. The Bertz CT molecular complexity index is 713. The minimum absolute atomic E-state index is 0.0943. The van der Waals surface area contributed by atoms with Gasteiger partial charge in [0, 0.05) is 6.42 Å². The molecule has 0 aliphatic rings. The molecule has 0 aliphatic heterocycles. The average molecular weight is 545 g/mol. The molecule has 0 spiro atoms. The number of alkyl halides is 9. The lowest BCUT2D eigenvalue weighted by Crippen LogP contribution is -2.61. The highest BCUT2D eigenvalue weighted by Gasteiger charge is 2.81. The van der Waals surface area contributed by atoms with Gasteiger partial charge in [0.2, 0.25) is 0 Å². The van der Waals surface area contributed by atoms with Crippen LogP contribution in [0, 0.1) is 22.2 Å². The summed E-state index contributed by atoms with van der Waals surface area (Å²) < 4.78 is 124. The van der Waals surface area contributed by atoms with Gasteiger partial charge in [-0.25, -0.2) is 0 Å². The molecular formula is C25H41F9O2. The van der Waals surface area contributed by atoms with E-state index in [2.05, 4.69) is 0 Å². The number of hydrogen-bond acceptors (Lipinski definition) is 2. The first-order valence-corrected chi connectivity index (χ1v) is 12.3. The molecule has 0 amide bonds. The normalized spacial score (nSPS) is 17.0. The number of rotatable bonds is 15. The molecule has 0 fully saturated rings. The average Bonchev–Trinajstić information content (AvgIpc) is 2.75. The van der Waals surface area contributed by atoms with E-state index in [9.17, 15) is 44.3 Å². The van der Waals surface area contributed by atoms with Crippen LogP contribution in [0.3, 0.4) is 0 Å². The SMILES string of the molecule is CCCC(C)C(C)(CC(C)(CC)CC)C(=O)OCC(C)(C)CCC(F)(F)C(F)(F)C(F)(F)C(F)(F)F. The lowest BCUT2D eigenvalue weighted by molar-refractivity contribution is -0.397. The summed E-state index contributed by atoms with van der Waals surface area (Å²) in [4.78, 5) is 13.2. The molecule has 0 aliphatic carbocycles. The van der Waals surface area contributed by atoms with Crippen LogP contribution in [0.4, 0.5) is 39.5 Å². The maximum absolute atomic E-state index is 14.0. The van der Waals surface area contributed by atoms with Crippen LogP contribution in [-0.4, -0.2) is 36.5 Å². The Kier molecular flexibility index (Phi) is 11.3. The molecule has 2 nitrogen and oxygen atoms in total. The molecule has 2 unspecified atom stereocenters. The molecule has 0 N–H and O–H groups in total. The second-order valence-electron chi connectivity index (χ2n) is 11.4. The van der Waals surface area contributed by atoms with E-state index in [1.165, 1.54) is 13.8 Å². The summed E-state index contributed by atoms with van der Waals surface area (Å²) in [7, 11) is 0. The molecule has 0 aromatic heterocycles. The van der Waals surface area contributed by atoms with Crippen LogP contribution >= 0.6 is 0 Å². The fraction of sp³-hybridized carbons (Fsp3) is 0.960. The minimum Gasteiger partial charge on any atom is -0.465 e. The highest BCUT2D eigenvalue weighted by atomic mass is 19.4. The largest absolute Gasteiger partial charge is 0.465 e. The van der Waals surface area contributed by atoms with Gasteiger partial charge >= 0.3 is 29.9 Å². The van der Waals surface area contributed by atoms with Crippen molar-refractivity contribution in [3.05, 3.63) is 0 Å². The van der Waals surface area contributed by atoms with E-state index in [1.54, 1.807) is 6.92 Å². The third kappa shape index (κ3) is 7.68. The smallest absolute Gasteiger partial charge is 0.460 e. The molecule has 36 heavy (non-hydrogen) atoms. The lowest BCUT2D eigenvalue weighted by atomic mass is 9.64. The summed E-state index contributed by atoms with van der Waals surface area (Å²) >= 11 is 0. The monoisotopic (exact) mass is 544 g/mol. The second kappa shape index (κ2) is 11.7. The Balaban J connectivity index is 5.61. The van der Waals surface area contributed by atoms with Crippen molar-refractivity contribution in [1.29, 1.82) is 0 Å². The molecule has 216 valence electrons. The van der Waals surface area contributed by atoms with Crippen molar-refractivity contribution in [3.8, 4) is 0 Å². The molecule has 0 saturated heterocycles. The summed E-state index contributed by atoms with van der Waals surface area (Å²) in [5, 5.41) is 0. The van der Waals surface area contributed by atoms with Crippen LogP contribution in [0.25, 0.3) is 0 Å². The van der Waals surface area contributed by atoms with E-state index in [4.69, 9.17) is 4.74 Å². The summed E-state index contributed by atoms with van der Waals surface area (Å²) in [6.07, 6.45) is -6.10. The van der Waals surface area contributed by atoms with Gasteiger partial charge in [0.1, 0.15) is 0 Å². The van der Waals surface area contributed by atoms with Gasteiger partial charge in [-0.05, 0) is 42.9 Å². The number of halogens is 9. The Morgan fingerprint density at radius 2 is 1.25 bits per heavy atom. The molecule has 0 aromatic rings. The fourth-order valence-corrected chi connectivity index (χ4v) is 4.14. The van der Waals surface area contributed by atoms with Crippen LogP contribution in [0.15, 0.2) is 0 Å². The zero-order chi connectivity index (χ0) is 29.0. The van der Waals surface area contributed by atoms with E-state index in [0.29, 0.717) is 12.8 Å². The highest BCUT2D eigenvalue weighted by Crippen LogP contribution is 2.55. The molecule has 2 atom stereocenters. The number of hydrogen-bond donors (Lipinski definition) is 0. The van der Waals surface area contributed by atoms with Crippen molar-refractivity contribution in [2.45, 2.75) is 124 Å². The van der Waals surface area contributed by atoms with Crippen LogP contribution in [0.1, 0.15) is 100 Å². The summed E-state index contributed by atoms with van der Waals surface area (Å²) in [5.74, 6) is -19.9. The first kappa shape index (κ1) is 34.8. The van der Waals surface area contributed by atoms with Gasteiger partial charge in [0.25, 0.3) is 0 Å². The third-order valence-electron chi connectivity index (χ3n) is 7.70. The topological polar surface area (TPSA) is 26.3 Å². The number of carbonyl (C=O) groups is 1. The van der Waals surface area contributed by atoms with Gasteiger partial charge in [-0.1, -0.05) is 67.7 Å². The van der Waals surface area contributed by atoms with Crippen molar-refractivity contribution < 1.29 is 49.0 Å². The van der Waals surface area contributed by atoms with Gasteiger partial charge in [-0.15, -0.1) is 0 Å². The van der Waals surface area contributed by atoms with Crippen molar-refractivity contribution in [2.24, 2.45) is 22.2 Å². The van der Waals surface area contributed by atoms with Crippen molar-refractivity contribution >= 4 is 5.97 Å². The van der Waals surface area contributed by atoms with Crippen molar-refractivity contribution in [1.82, 2.24) is 0 Å². The van der Waals surface area contributed by atoms with Crippen LogP contribution < -0.4 is 0 Å². The molecular weight excluding hydrogens is 503 g/mol. The maximum Gasteiger partial charge on any atom is 0.460 e. The molecule has 0 aromatic carbocycles. The Hall–Kier alpha value is -1.16. The van der Waals surface area contributed by atoms with E-state index >= 15 is 0 Å². The number of esters is 1. The Morgan fingerprint density at radius 3 is 1.64 bits per heavy atom. The molecule has 11 heteroatoms.